The molecule has 5 fully saturated rings. The van der Waals surface area contributed by atoms with Gasteiger partial charge in [0.25, 0.3) is 0 Å². The Labute approximate surface area is 388 Å². The number of carboxylic acid groups (broad SMARTS) is 1. The first-order chi connectivity index (χ1) is 32.5. The lowest BCUT2D eigenvalue weighted by molar-refractivity contribution is -0.386. The van der Waals surface area contributed by atoms with Gasteiger partial charge in [0.2, 0.25) is 5.91 Å². The van der Waals surface area contributed by atoms with Crippen molar-refractivity contribution in [3.8, 4) is 0 Å². The number of aliphatic hydroxyl groups excluding tert-OH is 13. The molecule has 0 aliphatic carbocycles. The highest BCUT2D eigenvalue weighted by atomic mass is 32.3. The molecular formula is C34H56N4O30S. The molecule has 5 saturated heterocycles. The van der Waals surface area contributed by atoms with E-state index in [1.165, 1.54) is 0 Å². The maximum atomic E-state index is 12.5. The lowest BCUT2D eigenvalue weighted by Crippen LogP contribution is -2.70. The van der Waals surface area contributed by atoms with Crippen LogP contribution in [0.5, 0.6) is 0 Å². The second-order valence-electron chi connectivity index (χ2n) is 16.0. The summed E-state index contributed by atoms with van der Waals surface area (Å²) in [6.07, 6.45) is -49.2. The lowest BCUT2D eigenvalue weighted by Gasteiger charge is -2.50. The van der Waals surface area contributed by atoms with Gasteiger partial charge in [-0.3, -0.25) is 9.35 Å². The molecule has 5 aliphatic heterocycles. The fraction of sp³-hybridized carbons (Fsp3) is 0.941. The molecule has 5 aliphatic rings. The molecule has 69 heavy (non-hydrogen) atoms. The average molecular weight is 1030 g/mol. The van der Waals surface area contributed by atoms with Crippen molar-refractivity contribution in [3.63, 3.8) is 0 Å². The average Bonchev–Trinajstić information content (AvgIpc) is 3.29. The summed E-state index contributed by atoms with van der Waals surface area (Å²) in [6.45, 7) is -3.59. The Hall–Kier alpha value is -2.80. The summed E-state index contributed by atoms with van der Waals surface area (Å²) in [5.41, 5.74) is 8.47. The van der Waals surface area contributed by atoms with Crippen molar-refractivity contribution >= 4 is 22.3 Å². The minimum Gasteiger partial charge on any atom is -0.479 e. The van der Waals surface area contributed by atoms with Crippen LogP contribution in [-0.4, -0.2) is 289 Å². The van der Waals surface area contributed by atoms with Crippen LogP contribution in [0.25, 0.3) is 10.4 Å². The summed E-state index contributed by atoms with van der Waals surface area (Å²) in [4.78, 5) is 26.9. The Bertz CT molecular complexity index is 1840. The third-order valence-corrected chi connectivity index (χ3v) is 11.9. The van der Waals surface area contributed by atoms with Crippen molar-refractivity contribution in [2.75, 3.05) is 39.6 Å². The van der Waals surface area contributed by atoms with Gasteiger partial charge in [-0.15, -0.1) is 0 Å². The molecule has 0 radical (unpaired) electrons. The summed E-state index contributed by atoms with van der Waals surface area (Å²) in [5.74, 6) is -2.86. The molecule has 0 aromatic carbocycles. The smallest absolute Gasteiger partial charge is 0.397 e. The quantitative estimate of drug-likeness (QED) is 0.0177. The van der Waals surface area contributed by atoms with Crippen LogP contribution in [0.2, 0.25) is 0 Å². The summed E-state index contributed by atoms with van der Waals surface area (Å²) in [7, 11) is -5.49. The Morgan fingerprint density at radius 1 is 0.580 bits per heavy atom. The van der Waals surface area contributed by atoms with Gasteiger partial charge in [0, 0.05) is 18.4 Å². The van der Waals surface area contributed by atoms with E-state index in [0.717, 1.165) is 6.92 Å². The highest BCUT2D eigenvalue weighted by molar-refractivity contribution is 7.80. The molecule has 0 spiro atoms. The van der Waals surface area contributed by atoms with Gasteiger partial charge in [0.05, 0.1) is 33.0 Å². The number of nitrogens with zero attached hydrogens (tertiary/aromatic N) is 3. The van der Waals surface area contributed by atoms with E-state index in [-0.39, 0.29) is 13.2 Å². The molecule has 16 N–H and O–H groups in total. The Balaban J connectivity index is 1.35. The summed E-state index contributed by atoms with van der Waals surface area (Å²) < 4.78 is 91.9. The predicted octanol–water partition coefficient (Wildman–Crippen LogP) is -10.5. The molecule has 25 atom stereocenters. The molecule has 398 valence electrons. The van der Waals surface area contributed by atoms with Gasteiger partial charge in [-0.1, -0.05) is 5.11 Å². The number of rotatable bonds is 20. The first-order valence-corrected chi connectivity index (χ1v) is 22.1. The molecule has 0 bridgehead atoms. The third-order valence-electron chi connectivity index (χ3n) is 11.4. The third kappa shape index (κ3) is 13.2. The van der Waals surface area contributed by atoms with Crippen LogP contribution in [0.3, 0.4) is 0 Å². The van der Waals surface area contributed by atoms with Crippen LogP contribution in [0.15, 0.2) is 5.11 Å². The number of hydrogen-bond donors (Lipinski definition) is 16. The summed E-state index contributed by atoms with van der Waals surface area (Å²) >= 11 is 0. The zero-order valence-corrected chi connectivity index (χ0v) is 36.6. The monoisotopic (exact) mass is 1030 g/mol. The van der Waals surface area contributed by atoms with Gasteiger partial charge >= 0.3 is 16.4 Å². The number of nitrogens with one attached hydrogen (secondary N) is 1. The normalized spacial score (nSPS) is 45.3. The van der Waals surface area contributed by atoms with Crippen molar-refractivity contribution in [3.05, 3.63) is 10.4 Å². The fourth-order valence-electron chi connectivity index (χ4n) is 8.03. The molecular weight excluding hydrogens is 976 g/mol. The van der Waals surface area contributed by atoms with Gasteiger partial charge in [-0.25, -0.2) is 8.98 Å². The molecule has 0 saturated carbocycles. The summed E-state index contributed by atoms with van der Waals surface area (Å²) in [6, 6.07) is -1.83. The number of carboxylic acids is 1. The molecule has 25 unspecified atom stereocenters. The van der Waals surface area contributed by atoms with Crippen LogP contribution in [-0.2, 0) is 71.5 Å². The molecule has 5 rings (SSSR count). The molecule has 1 amide bonds. The number of ether oxygens (including phenoxy) is 10. The molecule has 5 heterocycles. The molecule has 34 nitrogen and oxygen atoms in total. The number of aliphatic carboxylic acids is 1. The predicted molar refractivity (Wildman–Crippen MR) is 207 cm³/mol. The van der Waals surface area contributed by atoms with Crippen LogP contribution in [0.4, 0.5) is 0 Å². The van der Waals surface area contributed by atoms with Crippen molar-refractivity contribution in [2.45, 2.75) is 160 Å². The van der Waals surface area contributed by atoms with E-state index in [2.05, 4.69) is 19.5 Å². The zero-order chi connectivity index (χ0) is 51.2. The number of carbonyl (C=O) groups excluding carboxylic acids is 1. The second kappa shape index (κ2) is 24.8. The van der Waals surface area contributed by atoms with Gasteiger partial charge in [-0.2, -0.15) is 8.42 Å². The van der Waals surface area contributed by atoms with E-state index < -0.39 is 202 Å². The van der Waals surface area contributed by atoms with E-state index in [1.807, 2.05) is 0 Å². The minimum absolute atomic E-state index is 0.196. The largest absolute Gasteiger partial charge is 0.479 e. The maximum Gasteiger partial charge on any atom is 0.397 e. The van der Waals surface area contributed by atoms with Gasteiger partial charge in [0.15, 0.2) is 37.6 Å². The van der Waals surface area contributed by atoms with Crippen molar-refractivity contribution in [1.82, 2.24) is 5.32 Å². The van der Waals surface area contributed by atoms with Gasteiger partial charge in [-0.05, 0) is 5.53 Å². The number of aliphatic hydroxyl groups is 13. The molecule has 0 aromatic rings. The van der Waals surface area contributed by atoms with E-state index in [0.29, 0.717) is 0 Å². The number of carbonyl (C=O) groups is 2. The lowest BCUT2D eigenvalue weighted by atomic mass is 9.94. The van der Waals surface area contributed by atoms with Crippen LogP contribution < -0.4 is 5.32 Å². The SMILES string of the molecule is CC(=O)NC1C(OC2C(O)C(CO)OC(OC3C(CO)OC(OCCN=[N+]=[N-])C(O)C3O)C2O)OC(CO)C(OC2OC(CO)C(O)C(OC3OC(C(=O)O)C(O)C(OS(=O)(=O)O)C3O)C2O)C1O. The van der Waals surface area contributed by atoms with E-state index in [1.54, 1.807) is 0 Å². The van der Waals surface area contributed by atoms with Crippen LogP contribution in [0.1, 0.15) is 6.92 Å². The molecule has 0 aromatic heterocycles. The minimum atomic E-state index is -5.49. The van der Waals surface area contributed by atoms with Crippen molar-refractivity contribution in [1.29, 1.82) is 0 Å². The van der Waals surface area contributed by atoms with Crippen LogP contribution >= 0.6 is 0 Å². The number of azide groups is 1. The number of amides is 1. The van der Waals surface area contributed by atoms with Gasteiger partial charge < -0.3 is 124 Å². The second-order valence-corrected chi connectivity index (χ2v) is 17.1. The standard InChI is InChI=1S/C34H56N4O30S/c1-8(43)37-13-16(46)23(63-32-21(51)26(15(45)10(5-40)59-32)66-34-22(52)27(68-69(55,56)57)19(49)28(67-34)29(53)54)11(6-41)61-30(13)65-25-14(44)9(4-39)60-33(20(25)50)64-24-12(7-42)62-31(18(48)17(24)47)58-3-2-36-38-35/h9-28,30-34,39-42,44-52H,2-7H2,1H3,(H,37,43)(H,53,54)(H,55,56,57). The van der Waals surface area contributed by atoms with Crippen molar-refractivity contribution < 1.29 is 146 Å². The number of hydrogen-bond acceptors (Lipinski definition) is 29. The van der Waals surface area contributed by atoms with E-state index in [9.17, 15) is 94.1 Å². The topological polar surface area (TPSA) is 534 Å². The highest BCUT2D eigenvalue weighted by Gasteiger charge is 2.58. The maximum absolute atomic E-state index is 12.5. The highest BCUT2D eigenvalue weighted by Crippen LogP contribution is 2.36. The van der Waals surface area contributed by atoms with Gasteiger partial charge in [0.1, 0.15) is 116 Å². The Morgan fingerprint density at radius 3 is 1.48 bits per heavy atom. The van der Waals surface area contributed by atoms with Crippen molar-refractivity contribution in [2.24, 2.45) is 5.11 Å². The molecule has 35 heteroatoms. The first-order valence-electron chi connectivity index (χ1n) is 20.7. The fourth-order valence-corrected chi connectivity index (χ4v) is 8.54. The Kier molecular flexibility index (Phi) is 20.5. The summed E-state index contributed by atoms with van der Waals surface area (Å²) in [5, 5.41) is 155. The van der Waals surface area contributed by atoms with E-state index in [4.69, 9.17) is 52.9 Å². The zero-order valence-electron chi connectivity index (χ0n) is 35.8. The van der Waals surface area contributed by atoms with Crippen LogP contribution in [0, 0.1) is 0 Å². The Morgan fingerprint density at radius 2 is 1.01 bits per heavy atom. The first kappa shape index (κ1) is 57.1. The van der Waals surface area contributed by atoms with E-state index >= 15 is 0 Å².